The van der Waals surface area contributed by atoms with Crippen molar-refractivity contribution in [2.45, 2.75) is 13.0 Å². The van der Waals surface area contributed by atoms with Gasteiger partial charge in [0.05, 0.1) is 0 Å². The maximum atomic E-state index is 5.12. The summed E-state index contributed by atoms with van der Waals surface area (Å²) in [6, 6.07) is 0. The van der Waals surface area contributed by atoms with Crippen LogP contribution in [0.25, 0.3) is 0 Å². The molecule has 3 N–H and O–H groups in total. The standard InChI is InChI=1S/C5H10N4OS/c1-3(10-2)4-7-5(8-6)11-9-4/h3H,6H2,1-2H3,(H,7,8,9). The zero-order valence-electron chi connectivity index (χ0n) is 6.37. The van der Waals surface area contributed by atoms with Crippen LogP contribution in [0.5, 0.6) is 0 Å². The Morgan fingerprint density at radius 3 is 2.91 bits per heavy atom. The molecule has 6 heteroatoms. The van der Waals surface area contributed by atoms with Crippen molar-refractivity contribution >= 4 is 16.7 Å². The highest BCUT2D eigenvalue weighted by molar-refractivity contribution is 7.09. The van der Waals surface area contributed by atoms with Crippen molar-refractivity contribution in [2.24, 2.45) is 5.84 Å². The maximum Gasteiger partial charge on any atom is 0.216 e. The number of ether oxygens (including phenoxy) is 1. The lowest BCUT2D eigenvalue weighted by Gasteiger charge is -2.01. The van der Waals surface area contributed by atoms with E-state index in [9.17, 15) is 0 Å². The zero-order valence-corrected chi connectivity index (χ0v) is 7.18. The molecule has 0 saturated carbocycles. The van der Waals surface area contributed by atoms with Crippen LogP contribution in [0.1, 0.15) is 18.9 Å². The molecule has 0 aromatic carbocycles. The van der Waals surface area contributed by atoms with E-state index in [-0.39, 0.29) is 6.10 Å². The lowest BCUT2D eigenvalue weighted by Crippen LogP contribution is -2.06. The van der Waals surface area contributed by atoms with E-state index in [0.29, 0.717) is 11.0 Å². The Morgan fingerprint density at radius 2 is 2.45 bits per heavy atom. The first-order valence-corrected chi connectivity index (χ1v) is 3.88. The molecule has 0 fully saturated rings. The third-order valence-corrected chi connectivity index (χ3v) is 1.94. The highest BCUT2D eigenvalue weighted by Gasteiger charge is 2.09. The highest BCUT2D eigenvalue weighted by Crippen LogP contribution is 2.16. The van der Waals surface area contributed by atoms with Crippen LogP contribution >= 0.6 is 11.5 Å². The number of hydrogen-bond donors (Lipinski definition) is 2. The second-order valence-electron chi connectivity index (χ2n) is 1.98. The van der Waals surface area contributed by atoms with Gasteiger partial charge in [-0.25, -0.2) is 5.84 Å². The van der Waals surface area contributed by atoms with Gasteiger partial charge in [-0.1, -0.05) is 0 Å². The van der Waals surface area contributed by atoms with E-state index in [1.54, 1.807) is 7.11 Å². The molecule has 1 aromatic rings. The molecule has 1 unspecified atom stereocenters. The fourth-order valence-electron chi connectivity index (χ4n) is 0.564. The Hall–Kier alpha value is -0.720. The number of nitrogen functional groups attached to an aromatic ring is 1. The predicted molar refractivity (Wildman–Crippen MR) is 43.1 cm³/mol. The number of anilines is 1. The van der Waals surface area contributed by atoms with Gasteiger partial charge in [0, 0.05) is 18.6 Å². The van der Waals surface area contributed by atoms with Crippen molar-refractivity contribution in [3.63, 3.8) is 0 Å². The SMILES string of the molecule is COC(C)c1nsc(NN)n1. The minimum atomic E-state index is -0.0756. The van der Waals surface area contributed by atoms with E-state index in [2.05, 4.69) is 14.8 Å². The van der Waals surface area contributed by atoms with E-state index in [4.69, 9.17) is 10.6 Å². The summed E-state index contributed by atoms with van der Waals surface area (Å²) >= 11 is 1.22. The van der Waals surface area contributed by atoms with Gasteiger partial charge in [0.2, 0.25) is 5.13 Å². The molecule has 1 atom stereocenters. The molecule has 0 amide bonds. The number of rotatable bonds is 3. The molecule has 0 spiro atoms. The fourth-order valence-corrected chi connectivity index (χ4v) is 1.12. The van der Waals surface area contributed by atoms with Crippen molar-refractivity contribution in [3.8, 4) is 0 Å². The molecule has 0 aliphatic rings. The summed E-state index contributed by atoms with van der Waals surface area (Å²) in [5, 5.41) is 0.601. The zero-order chi connectivity index (χ0) is 8.27. The summed E-state index contributed by atoms with van der Waals surface area (Å²) in [7, 11) is 1.61. The van der Waals surface area contributed by atoms with Crippen LogP contribution in [0.3, 0.4) is 0 Å². The van der Waals surface area contributed by atoms with E-state index in [0.717, 1.165) is 0 Å². The topological polar surface area (TPSA) is 73.1 Å². The van der Waals surface area contributed by atoms with Crippen LogP contribution in [0.4, 0.5) is 5.13 Å². The second-order valence-corrected chi connectivity index (χ2v) is 2.73. The smallest absolute Gasteiger partial charge is 0.216 e. The molecule has 1 aromatic heterocycles. The summed E-state index contributed by atoms with van der Waals surface area (Å²) in [6.07, 6.45) is -0.0756. The number of hydrogen-bond acceptors (Lipinski definition) is 6. The van der Waals surface area contributed by atoms with Crippen LogP contribution < -0.4 is 11.3 Å². The van der Waals surface area contributed by atoms with Crippen molar-refractivity contribution in [2.75, 3.05) is 12.5 Å². The number of nitrogens with one attached hydrogen (secondary N) is 1. The molecule has 0 bridgehead atoms. The summed E-state index contributed by atoms with van der Waals surface area (Å²) in [4.78, 5) is 4.05. The van der Waals surface area contributed by atoms with Gasteiger partial charge in [0.1, 0.15) is 6.10 Å². The van der Waals surface area contributed by atoms with E-state index >= 15 is 0 Å². The second kappa shape index (κ2) is 3.61. The van der Waals surface area contributed by atoms with Crippen molar-refractivity contribution in [1.29, 1.82) is 0 Å². The molecule has 0 aliphatic heterocycles. The summed E-state index contributed by atoms with van der Waals surface area (Å²) in [6.45, 7) is 1.88. The largest absolute Gasteiger partial charge is 0.374 e. The van der Waals surface area contributed by atoms with Gasteiger partial charge < -0.3 is 4.74 Å². The quantitative estimate of drug-likeness (QED) is 0.516. The number of nitrogens with two attached hydrogens (primary N) is 1. The first-order chi connectivity index (χ1) is 5.27. The Balaban J connectivity index is 2.71. The van der Waals surface area contributed by atoms with Crippen LogP contribution in [0.15, 0.2) is 0 Å². The highest BCUT2D eigenvalue weighted by atomic mass is 32.1. The van der Waals surface area contributed by atoms with Crippen LogP contribution in [-0.2, 0) is 4.74 Å². The third-order valence-electron chi connectivity index (χ3n) is 1.28. The first kappa shape index (κ1) is 8.38. The van der Waals surface area contributed by atoms with Crippen LogP contribution in [-0.4, -0.2) is 16.5 Å². The van der Waals surface area contributed by atoms with Gasteiger partial charge in [0.25, 0.3) is 0 Å². The molecular formula is C5H10N4OS. The van der Waals surface area contributed by atoms with Gasteiger partial charge in [0.15, 0.2) is 5.82 Å². The average molecular weight is 174 g/mol. The molecule has 0 radical (unpaired) electrons. The Kier molecular flexibility index (Phi) is 2.75. The first-order valence-electron chi connectivity index (χ1n) is 3.11. The molecule has 0 aliphatic carbocycles. The van der Waals surface area contributed by atoms with Gasteiger partial charge in [-0.3, -0.25) is 5.43 Å². The summed E-state index contributed by atoms with van der Waals surface area (Å²) in [5.74, 6) is 5.78. The van der Waals surface area contributed by atoms with Crippen molar-refractivity contribution in [1.82, 2.24) is 9.36 Å². The van der Waals surface area contributed by atoms with E-state index in [1.165, 1.54) is 11.5 Å². The number of nitrogens with zero attached hydrogens (tertiary/aromatic N) is 2. The number of aromatic nitrogens is 2. The monoisotopic (exact) mass is 174 g/mol. The van der Waals surface area contributed by atoms with Crippen LogP contribution in [0, 0.1) is 0 Å². The Bertz CT molecular complexity index is 226. The average Bonchev–Trinajstić information content (AvgIpc) is 2.50. The van der Waals surface area contributed by atoms with Gasteiger partial charge in [-0.15, -0.1) is 0 Å². The third kappa shape index (κ3) is 1.86. The molecule has 11 heavy (non-hydrogen) atoms. The number of hydrazine groups is 1. The lowest BCUT2D eigenvalue weighted by molar-refractivity contribution is 0.113. The minimum absolute atomic E-state index is 0.0756. The van der Waals surface area contributed by atoms with Crippen LogP contribution in [0.2, 0.25) is 0 Å². The normalized spacial score (nSPS) is 13.0. The molecule has 0 saturated heterocycles. The van der Waals surface area contributed by atoms with E-state index < -0.39 is 0 Å². The van der Waals surface area contributed by atoms with Crippen molar-refractivity contribution in [3.05, 3.63) is 5.82 Å². The molecule has 5 nitrogen and oxygen atoms in total. The van der Waals surface area contributed by atoms with Gasteiger partial charge >= 0.3 is 0 Å². The predicted octanol–water partition coefficient (Wildman–Crippen LogP) is 0.531. The molecule has 1 heterocycles. The molecule has 1 rings (SSSR count). The summed E-state index contributed by atoms with van der Waals surface area (Å²) < 4.78 is 9.03. The van der Waals surface area contributed by atoms with Gasteiger partial charge in [-0.05, 0) is 6.92 Å². The fraction of sp³-hybridized carbons (Fsp3) is 0.600. The summed E-state index contributed by atoms with van der Waals surface area (Å²) in [5.41, 5.74) is 2.42. The Labute approximate surface area is 68.7 Å². The molecular weight excluding hydrogens is 164 g/mol. The van der Waals surface area contributed by atoms with E-state index in [1.807, 2.05) is 6.92 Å². The van der Waals surface area contributed by atoms with Crippen molar-refractivity contribution < 1.29 is 4.74 Å². The Morgan fingerprint density at radius 1 is 1.73 bits per heavy atom. The molecule has 62 valence electrons. The number of methoxy groups -OCH3 is 1. The van der Waals surface area contributed by atoms with Gasteiger partial charge in [-0.2, -0.15) is 9.36 Å². The lowest BCUT2D eigenvalue weighted by atomic mass is 10.4. The minimum Gasteiger partial charge on any atom is -0.374 e. The maximum absolute atomic E-state index is 5.12.